The maximum absolute atomic E-state index is 12.9. The van der Waals surface area contributed by atoms with Crippen LogP contribution in [0.5, 0.6) is 5.75 Å². The van der Waals surface area contributed by atoms with Gasteiger partial charge in [-0.05, 0) is 24.3 Å². The molecule has 0 spiro atoms. The van der Waals surface area contributed by atoms with E-state index in [1.165, 1.54) is 31.6 Å². The molecule has 0 aromatic carbocycles. The minimum atomic E-state index is -4.59. The summed E-state index contributed by atoms with van der Waals surface area (Å²) in [4.78, 5) is 7.42. The van der Waals surface area contributed by atoms with Gasteiger partial charge in [0.05, 0.1) is 18.4 Å². The Bertz CT molecular complexity index is 833. The summed E-state index contributed by atoms with van der Waals surface area (Å²) < 4.78 is 63.7. The minimum Gasteiger partial charge on any atom is -0.497 e. The molecule has 122 valence electrons. The van der Waals surface area contributed by atoms with Gasteiger partial charge in [-0.15, -0.1) is 0 Å². The second kappa shape index (κ2) is 6.37. The number of nitrogens with zero attached hydrogens (tertiary/aromatic N) is 2. The van der Waals surface area contributed by atoms with E-state index in [4.69, 9.17) is 9.52 Å². The Kier molecular flexibility index (Phi) is 4.69. The zero-order chi connectivity index (χ0) is 17.1. The Morgan fingerprint density at radius 1 is 1.26 bits per heavy atom. The van der Waals surface area contributed by atoms with Gasteiger partial charge in [0.15, 0.2) is 0 Å². The van der Waals surface area contributed by atoms with Gasteiger partial charge >= 0.3 is 6.18 Å². The van der Waals surface area contributed by atoms with Crippen LogP contribution in [0.25, 0.3) is 6.08 Å². The summed E-state index contributed by atoms with van der Waals surface area (Å²) >= 11 is 0. The number of hydrogen-bond donors (Lipinski definition) is 1. The molecule has 0 aliphatic rings. The predicted octanol–water partition coefficient (Wildman–Crippen LogP) is 3.58. The largest absolute Gasteiger partial charge is 0.497 e. The van der Waals surface area contributed by atoms with Gasteiger partial charge in [-0.25, -0.2) is 14.0 Å². The summed E-state index contributed by atoms with van der Waals surface area (Å²) in [5.41, 5.74) is -1.38. The lowest BCUT2D eigenvalue weighted by Gasteiger charge is -2.09. The van der Waals surface area contributed by atoms with Crippen molar-refractivity contribution in [2.24, 2.45) is 0 Å². The van der Waals surface area contributed by atoms with Crippen molar-refractivity contribution >= 4 is 15.8 Å². The summed E-state index contributed by atoms with van der Waals surface area (Å²) in [7, 11) is -2.14. The highest BCUT2D eigenvalue weighted by atomic mass is 32.2. The van der Waals surface area contributed by atoms with Gasteiger partial charge < -0.3 is 4.74 Å². The fourth-order valence-electron chi connectivity index (χ4n) is 1.70. The van der Waals surface area contributed by atoms with Crippen molar-refractivity contribution in [1.82, 2.24) is 9.97 Å². The number of rotatable bonds is 4. The first-order valence-corrected chi connectivity index (χ1v) is 7.85. The van der Waals surface area contributed by atoms with Gasteiger partial charge in [0.1, 0.15) is 20.5 Å². The molecule has 0 saturated heterocycles. The standard InChI is InChI=1S/C14H12F3N3O2S/c1-22-10-4-7-20-13(9-10)23(18,21)8-5-12-11(14(15,16)17)3-2-6-19-12/h2-9,18H,1H3/b8-5+. The number of halogens is 3. The maximum Gasteiger partial charge on any atom is 0.418 e. The molecule has 1 atom stereocenters. The Morgan fingerprint density at radius 3 is 2.65 bits per heavy atom. The van der Waals surface area contributed by atoms with Gasteiger partial charge in [0.2, 0.25) is 0 Å². The SMILES string of the molecule is COc1ccnc(S(=N)(=O)/C=C/c2ncccc2C(F)(F)F)c1. The van der Waals surface area contributed by atoms with E-state index in [1.54, 1.807) is 0 Å². The van der Waals surface area contributed by atoms with Crippen molar-refractivity contribution in [1.29, 1.82) is 4.78 Å². The van der Waals surface area contributed by atoms with E-state index in [-0.39, 0.29) is 5.03 Å². The third kappa shape index (κ3) is 4.07. The van der Waals surface area contributed by atoms with E-state index >= 15 is 0 Å². The summed E-state index contributed by atoms with van der Waals surface area (Å²) in [6.07, 6.45) is -1.19. The van der Waals surface area contributed by atoms with Crippen molar-refractivity contribution in [2.45, 2.75) is 11.2 Å². The van der Waals surface area contributed by atoms with Crippen LogP contribution in [0.4, 0.5) is 13.2 Å². The lowest BCUT2D eigenvalue weighted by Crippen LogP contribution is -2.08. The number of pyridine rings is 2. The molecular formula is C14H12F3N3O2S. The van der Waals surface area contributed by atoms with E-state index < -0.39 is 27.2 Å². The highest BCUT2D eigenvalue weighted by Crippen LogP contribution is 2.31. The van der Waals surface area contributed by atoms with Crippen LogP contribution in [0.15, 0.2) is 47.1 Å². The van der Waals surface area contributed by atoms with Gasteiger partial charge in [0.25, 0.3) is 0 Å². The molecule has 0 saturated carbocycles. The Morgan fingerprint density at radius 2 is 2.00 bits per heavy atom. The van der Waals surface area contributed by atoms with Gasteiger partial charge in [-0.1, -0.05) is 0 Å². The van der Waals surface area contributed by atoms with E-state index in [9.17, 15) is 17.4 Å². The molecule has 2 aromatic rings. The molecule has 0 aliphatic carbocycles. The van der Waals surface area contributed by atoms with Crippen LogP contribution in [-0.4, -0.2) is 21.3 Å². The Balaban J connectivity index is 2.40. The summed E-state index contributed by atoms with van der Waals surface area (Å²) in [6.45, 7) is 0. The third-order valence-corrected chi connectivity index (χ3v) is 4.18. The molecule has 0 bridgehead atoms. The summed E-state index contributed by atoms with van der Waals surface area (Å²) in [5.74, 6) is 0.345. The molecule has 5 nitrogen and oxygen atoms in total. The maximum atomic E-state index is 12.9. The molecule has 2 rings (SSSR count). The van der Waals surface area contributed by atoms with E-state index in [1.807, 2.05) is 0 Å². The molecule has 2 heterocycles. The first kappa shape index (κ1) is 16.9. The van der Waals surface area contributed by atoms with E-state index in [0.29, 0.717) is 5.75 Å². The van der Waals surface area contributed by atoms with Crippen LogP contribution >= 0.6 is 0 Å². The number of nitrogens with one attached hydrogen (secondary N) is 1. The van der Waals surface area contributed by atoms with Gasteiger partial charge in [0, 0.05) is 23.9 Å². The highest BCUT2D eigenvalue weighted by molar-refractivity contribution is 7.95. The second-order valence-electron chi connectivity index (χ2n) is 4.37. The summed E-state index contributed by atoms with van der Waals surface area (Å²) in [6, 6.07) is 4.82. The highest BCUT2D eigenvalue weighted by Gasteiger charge is 2.33. The second-order valence-corrected chi connectivity index (χ2v) is 6.26. The molecule has 0 amide bonds. The average Bonchev–Trinajstić information content (AvgIpc) is 2.52. The number of methoxy groups -OCH3 is 1. The number of hydrogen-bond acceptors (Lipinski definition) is 5. The minimum absolute atomic E-state index is 0.113. The van der Waals surface area contributed by atoms with Crippen molar-refractivity contribution in [2.75, 3.05) is 7.11 Å². The topological polar surface area (TPSA) is 75.9 Å². The van der Waals surface area contributed by atoms with E-state index in [2.05, 4.69) is 9.97 Å². The van der Waals surface area contributed by atoms with Crippen LogP contribution in [0, 0.1) is 4.78 Å². The Hall–Kier alpha value is -2.42. The van der Waals surface area contributed by atoms with E-state index in [0.717, 1.165) is 23.6 Å². The molecule has 2 aromatic heterocycles. The van der Waals surface area contributed by atoms with Crippen LogP contribution < -0.4 is 4.74 Å². The average molecular weight is 343 g/mol. The molecule has 0 aliphatic heterocycles. The van der Waals surface area contributed by atoms with Crippen molar-refractivity contribution in [3.63, 3.8) is 0 Å². The smallest absolute Gasteiger partial charge is 0.418 e. The molecule has 23 heavy (non-hydrogen) atoms. The van der Waals surface area contributed by atoms with Crippen LogP contribution in [0.2, 0.25) is 0 Å². The zero-order valence-electron chi connectivity index (χ0n) is 11.9. The van der Waals surface area contributed by atoms with Crippen LogP contribution in [0.1, 0.15) is 11.3 Å². The zero-order valence-corrected chi connectivity index (χ0v) is 12.7. The Labute approximate surface area is 130 Å². The molecule has 1 N–H and O–H groups in total. The monoisotopic (exact) mass is 343 g/mol. The lowest BCUT2D eigenvalue weighted by atomic mass is 10.2. The van der Waals surface area contributed by atoms with Crippen molar-refractivity contribution in [3.8, 4) is 5.75 Å². The molecule has 1 unspecified atom stereocenters. The van der Waals surface area contributed by atoms with Crippen LogP contribution in [0.3, 0.4) is 0 Å². The first-order valence-electron chi connectivity index (χ1n) is 6.23. The number of aromatic nitrogens is 2. The summed E-state index contributed by atoms with van der Waals surface area (Å²) in [5, 5.41) is 0.740. The number of ether oxygens (including phenoxy) is 1. The van der Waals surface area contributed by atoms with Crippen molar-refractivity contribution in [3.05, 3.63) is 53.3 Å². The predicted molar refractivity (Wildman–Crippen MR) is 78.2 cm³/mol. The normalized spacial score (nSPS) is 14.6. The fourth-order valence-corrected chi connectivity index (χ4v) is 2.67. The lowest BCUT2D eigenvalue weighted by molar-refractivity contribution is -0.138. The molecule has 0 fully saturated rings. The number of alkyl halides is 3. The molecular weight excluding hydrogens is 331 g/mol. The van der Waals surface area contributed by atoms with Gasteiger partial charge in [-0.3, -0.25) is 4.98 Å². The third-order valence-electron chi connectivity index (χ3n) is 2.81. The van der Waals surface area contributed by atoms with Crippen LogP contribution in [-0.2, 0) is 15.9 Å². The van der Waals surface area contributed by atoms with Gasteiger partial charge in [-0.2, -0.15) is 13.2 Å². The van der Waals surface area contributed by atoms with Crippen molar-refractivity contribution < 1.29 is 22.1 Å². The first-order chi connectivity index (χ1) is 10.7. The quantitative estimate of drug-likeness (QED) is 0.920. The molecule has 0 radical (unpaired) electrons. The molecule has 9 heteroatoms. The fraction of sp³-hybridized carbons (Fsp3) is 0.143.